The molecular weight excluding hydrogens is 314 g/mol. The highest BCUT2D eigenvalue weighted by molar-refractivity contribution is 6.00. The molecule has 0 radical (unpaired) electrons. The van der Waals surface area contributed by atoms with E-state index < -0.39 is 0 Å². The maximum Gasteiger partial charge on any atom is 0.226 e. The number of rotatable bonds is 1. The summed E-state index contributed by atoms with van der Waals surface area (Å²) in [5.74, 6) is 0.942. The molecule has 2 aromatic rings. The quantitative estimate of drug-likeness (QED) is 0.753. The van der Waals surface area contributed by atoms with Crippen LogP contribution in [0.15, 0.2) is 24.2 Å². The van der Waals surface area contributed by atoms with Crippen LogP contribution in [-0.2, 0) is 23.7 Å². The fourth-order valence-electron chi connectivity index (χ4n) is 4.68. The van der Waals surface area contributed by atoms with Crippen molar-refractivity contribution in [3.05, 3.63) is 52.8 Å². The molecular formula is C19H21N5O. The molecule has 4 rings (SSSR count). The van der Waals surface area contributed by atoms with E-state index in [-0.39, 0.29) is 28.7 Å². The van der Waals surface area contributed by atoms with Crippen LogP contribution in [0.2, 0.25) is 0 Å². The van der Waals surface area contributed by atoms with Gasteiger partial charge in [0.05, 0.1) is 24.2 Å². The standard InChI is InChI=1S/C19H21N5O/c1-11-14-6-7-16-18(19(14,3)8-15(20-4)17(11)25)22-12(2)24(16)13-9-21-23(5)10-13/h8-11,14H,6-7H2,1-3,5H3/t11-,14-,19-/m0/s1. The van der Waals surface area contributed by atoms with Crippen LogP contribution in [0, 0.1) is 25.3 Å². The molecule has 2 aromatic heterocycles. The molecule has 2 aliphatic carbocycles. The van der Waals surface area contributed by atoms with Crippen molar-refractivity contribution in [3.63, 3.8) is 0 Å². The Morgan fingerprint density at radius 3 is 2.84 bits per heavy atom. The highest BCUT2D eigenvalue weighted by Gasteiger charge is 2.49. The van der Waals surface area contributed by atoms with E-state index in [9.17, 15) is 4.79 Å². The molecule has 128 valence electrons. The molecule has 6 heteroatoms. The summed E-state index contributed by atoms with van der Waals surface area (Å²) in [5, 5.41) is 4.28. The summed E-state index contributed by atoms with van der Waals surface area (Å²) in [6.07, 6.45) is 7.49. The van der Waals surface area contributed by atoms with E-state index in [0.29, 0.717) is 0 Å². The van der Waals surface area contributed by atoms with Gasteiger partial charge in [-0.05, 0) is 25.7 Å². The Bertz CT molecular complexity index is 957. The number of carbonyl (C=O) groups excluding carboxylic acids is 1. The van der Waals surface area contributed by atoms with Crippen LogP contribution in [-0.4, -0.2) is 25.1 Å². The summed E-state index contributed by atoms with van der Waals surface area (Å²) in [7, 11) is 1.90. The predicted molar refractivity (Wildman–Crippen MR) is 93.1 cm³/mol. The van der Waals surface area contributed by atoms with Crippen molar-refractivity contribution in [1.29, 1.82) is 0 Å². The van der Waals surface area contributed by atoms with Crippen LogP contribution in [0.4, 0.5) is 0 Å². The van der Waals surface area contributed by atoms with Crippen molar-refractivity contribution in [3.8, 4) is 5.69 Å². The Labute approximate surface area is 147 Å². The maximum absolute atomic E-state index is 12.4. The lowest BCUT2D eigenvalue weighted by atomic mass is 9.59. The molecule has 2 aliphatic rings. The van der Waals surface area contributed by atoms with Gasteiger partial charge in [-0.15, -0.1) is 0 Å². The summed E-state index contributed by atoms with van der Waals surface area (Å²) >= 11 is 0. The second kappa shape index (κ2) is 5.16. The van der Waals surface area contributed by atoms with Gasteiger partial charge in [-0.1, -0.05) is 19.9 Å². The lowest BCUT2D eigenvalue weighted by Gasteiger charge is -2.44. The second-order valence-corrected chi connectivity index (χ2v) is 7.38. The number of imidazole rings is 1. The first-order chi connectivity index (χ1) is 11.9. The Morgan fingerprint density at radius 1 is 1.44 bits per heavy atom. The summed E-state index contributed by atoms with van der Waals surface area (Å²) in [4.78, 5) is 20.8. The number of aromatic nitrogens is 4. The molecule has 0 aromatic carbocycles. The van der Waals surface area contributed by atoms with Crippen LogP contribution in [0.3, 0.4) is 0 Å². The normalized spacial score (nSPS) is 28.1. The third kappa shape index (κ3) is 2.05. The lowest BCUT2D eigenvalue weighted by molar-refractivity contribution is -0.121. The van der Waals surface area contributed by atoms with E-state index in [1.54, 1.807) is 4.68 Å². The zero-order valence-corrected chi connectivity index (χ0v) is 14.9. The predicted octanol–water partition coefficient (Wildman–Crippen LogP) is 2.76. The zero-order chi connectivity index (χ0) is 17.9. The summed E-state index contributed by atoms with van der Waals surface area (Å²) in [6.45, 7) is 13.5. The average Bonchev–Trinajstić information content (AvgIpc) is 3.14. The minimum absolute atomic E-state index is 0.0238. The highest BCUT2D eigenvalue weighted by Crippen LogP contribution is 2.50. The molecule has 0 unspecified atom stereocenters. The molecule has 0 fully saturated rings. The number of hydrogen-bond donors (Lipinski definition) is 0. The smallest absolute Gasteiger partial charge is 0.226 e. The van der Waals surface area contributed by atoms with Gasteiger partial charge in [-0.2, -0.15) is 5.10 Å². The van der Waals surface area contributed by atoms with E-state index >= 15 is 0 Å². The Kier molecular flexibility index (Phi) is 3.26. The molecule has 0 saturated carbocycles. The number of fused-ring (bicyclic) bond motifs is 3. The van der Waals surface area contributed by atoms with Crippen molar-refractivity contribution in [2.24, 2.45) is 18.9 Å². The molecule has 0 N–H and O–H groups in total. The van der Waals surface area contributed by atoms with Crippen molar-refractivity contribution in [2.75, 3.05) is 0 Å². The number of Topliss-reactive ketones (excluding diaryl/α,β-unsaturated/α-hetero) is 1. The number of hydrogen-bond acceptors (Lipinski definition) is 3. The van der Waals surface area contributed by atoms with Gasteiger partial charge in [-0.3, -0.25) is 9.25 Å². The van der Waals surface area contributed by atoms with E-state index in [0.717, 1.165) is 30.0 Å². The number of nitrogens with zero attached hydrogens (tertiary/aromatic N) is 5. The van der Waals surface area contributed by atoms with Crippen LogP contribution < -0.4 is 0 Å². The number of carbonyl (C=O) groups is 1. The Hall–Kier alpha value is -2.68. The first-order valence-corrected chi connectivity index (χ1v) is 8.59. The van der Waals surface area contributed by atoms with Crippen LogP contribution in [0.1, 0.15) is 37.5 Å². The lowest BCUT2D eigenvalue weighted by Crippen LogP contribution is -2.45. The zero-order valence-electron chi connectivity index (χ0n) is 14.9. The van der Waals surface area contributed by atoms with Gasteiger partial charge < -0.3 is 4.79 Å². The number of allylic oxidation sites excluding steroid dienone is 2. The maximum atomic E-state index is 12.4. The third-order valence-electron chi connectivity index (χ3n) is 5.89. The van der Waals surface area contributed by atoms with Crippen molar-refractivity contribution in [1.82, 2.24) is 19.3 Å². The monoisotopic (exact) mass is 335 g/mol. The molecule has 25 heavy (non-hydrogen) atoms. The first kappa shape index (κ1) is 15.8. The van der Waals surface area contributed by atoms with Gasteiger partial charge in [0.2, 0.25) is 5.70 Å². The third-order valence-corrected chi connectivity index (χ3v) is 5.89. The summed E-state index contributed by atoms with van der Waals surface area (Å²) in [6, 6.07) is 0. The Morgan fingerprint density at radius 2 is 2.20 bits per heavy atom. The molecule has 0 saturated heterocycles. The van der Waals surface area contributed by atoms with E-state index in [1.165, 1.54) is 5.69 Å². The number of ketones is 1. The van der Waals surface area contributed by atoms with E-state index in [4.69, 9.17) is 11.6 Å². The topological polar surface area (TPSA) is 57.1 Å². The average molecular weight is 335 g/mol. The molecule has 2 heterocycles. The van der Waals surface area contributed by atoms with Crippen LogP contribution >= 0.6 is 0 Å². The Balaban J connectivity index is 1.94. The summed E-state index contributed by atoms with van der Waals surface area (Å²) < 4.78 is 3.95. The van der Waals surface area contributed by atoms with Crippen LogP contribution in [0.5, 0.6) is 0 Å². The SMILES string of the molecule is [C-]#[N+]C1=C[C@]2(C)c3nc(C)n(-c4cnn(C)c4)c3CC[C@H]2[C@H](C)C1=O. The van der Waals surface area contributed by atoms with Crippen molar-refractivity contribution >= 4 is 5.78 Å². The van der Waals surface area contributed by atoms with Gasteiger partial charge in [0, 0.05) is 30.3 Å². The number of aryl methyl sites for hydroxylation is 2. The largest absolute Gasteiger partial charge is 0.308 e. The van der Waals surface area contributed by atoms with Crippen molar-refractivity contribution < 1.29 is 4.79 Å². The molecule has 0 amide bonds. The second-order valence-electron chi connectivity index (χ2n) is 7.38. The molecule has 0 bridgehead atoms. The van der Waals surface area contributed by atoms with Gasteiger partial charge in [0.1, 0.15) is 5.82 Å². The fourth-order valence-corrected chi connectivity index (χ4v) is 4.68. The minimum Gasteiger partial charge on any atom is -0.308 e. The van der Waals surface area contributed by atoms with Gasteiger partial charge in [0.15, 0.2) is 5.78 Å². The van der Waals surface area contributed by atoms with Crippen molar-refractivity contribution in [2.45, 2.75) is 39.0 Å². The van der Waals surface area contributed by atoms with Crippen LogP contribution in [0.25, 0.3) is 10.5 Å². The van der Waals surface area contributed by atoms with Gasteiger partial charge in [0.25, 0.3) is 0 Å². The van der Waals surface area contributed by atoms with Gasteiger partial charge >= 0.3 is 0 Å². The summed E-state index contributed by atoms with van der Waals surface area (Å²) in [5.41, 5.74) is 3.06. The molecule has 0 aliphatic heterocycles. The fraction of sp³-hybridized carbons (Fsp3) is 0.474. The highest BCUT2D eigenvalue weighted by atomic mass is 16.1. The first-order valence-electron chi connectivity index (χ1n) is 8.59. The van der Waals surface area contributed by atoms with Gasteiger partial charge in [-0.25, -0.2) is 9.83 Å². The molecule has 6 nitrogen and oxygen atoms in total. The molecule has 0 spiro atoms. The minimum atomic E-state index is -0.376. The van der Waals surface area contributed by atoms with E-state index in [1.807, 2.05) is 39.4 Å². The van der Waals surface area contributed by atoms with E-state index in [2.05, 4.69) is 21.4 Å². The molecule has 3 atom stereocenters.